The molecule has 0 N–H and O–H groups in total. The summed E-state index contributed by atoms with van der Waals surface area (Å²) < 4.78 is 0.757. The van der Waals surface area contributed by atoms with E-state index in [-0.39, 0.29) is 5.91 Å². The van der Waals surface area contributed by atoms with Crippen molar-refractivity contribution in [3.63, 3.8) is 0 Å². The van der Waals surface area contributed by atoms with Crippen LogP contribution in [-0.2, 0) is 0 Å². The highest BCUT2D eigenvalue weighted by Gasteiger charge is 2.22. The Morgan fingerprint density at radius 3 is 2.55 bits per heavy atom. The quantitative estimate of drug-likeness (QED) is 0.791. The van der Waals surface area contributed by atoms with E-state index in [9.17, 15) is 4.79 Å². The molecule has 0 aromatic carbocycles. The number of carbonyl (C=O) groups excluding carboxylic acids is 1. The molecule has 0 spiro atoms. The number of piperazine rings is 1. The van der Waals surface area contributed by atoms with Crippen LogP contribution in [0.5, 0.6) is 0 Å². The molecule has 1 aliphatic heterocycles. The van der Waals surface area contributed by atoms with Gasteiger partial charge in [0.25, 0.3) is 5.91 Å². The summed E-state index contributed by atoms with van der Waals surface area (Å²) in [6.07, 6.45) is 2.86. The maximum atomic E-state index is 12.3. The van der Waals surface area contributed by atoms with E-state index in [0.717, 1.165) is 43.2 Å². The predicted octanol–water partition coefficient (Wildman–Crippen LogP) is 2.65. The lowest BCUT2D eigenvalue weighted by Crippen LogP contribution is -2.49. The Morgan fingerprint density at radius 2 is 2.00 bits per heavy atom. The first-order valence-corrected chi connectivity index (χ1v) is 7.98. The van der Waals surface area contributed by atoms with Crippen molar-refractivity contribution in [3.8, 4) is 0 Å². The van der Waals surface area contributed by atoms with Crippen LogP contribution >= 0.6 is 15.9 Å². The van der Waals surface area contributed by atoms with Gasteiger partial charge in [0.05, 0.1) is 5.56 Å². The molecule has 110 valence electrons. The fraction of sp³-hybridized carbons (Fsp3) is 0.600. The fourth-order valence-corrected chi connectivity index (χ4v) is 2.53. The first-order valence-electron chi connectivity index (χ1n) is 7.19. The van der Waals surface area contributed by atoms with Crippen molar-refractivity contribution >= 4 is 21.8 Å². The van der Waals surface area contributed by atoms with Gasteiger partial charge in [0.2, 0.25) is 0 Å². The minimum absolute atomic E-state index is 0.0912. The number of aromatic nitrogens is 1. The summed E-state index contributed by atoms with van der Waals surface area (Å²) in [4.78, 5) is 20.8. The zero-order valence-electron chi connectivity index (χ0n) is 12.2. The van der Waals surface area contributed by atoms with Gasteiger partial charge in [-0.25, -0.2) is 4.98 Å². The number of hydrogen-bond donors (Lipinski definition) is 0. The molecule has 2 rings (SSSR count). The molecule has 1 fully saturated rings. The van der Waals surface area contributed by atoms with Crippen LogP contribution in [0.25, 0.3) is 0 Å². The molecule has 0 atom stereocenters. The normalized spacial score (nSPS) is 16.7. The zero-order chi connectivity index (χ0) is 14.5. The van der Waals surface area contributed by atoms with Crippen molar-refractivity contribution in [2.45, 2.75) is 20.3 Å². The molecule has 1 aromatic heterocycles. The molecule has 1 saturated heterocycles. The van der Waals surface area contributed by atoms with Crippen LogP contribution in [0.3, 0.4) is 0 Å². The number of rotatable bonds is 4. The molecule has 1 aliphatic rings. The Labute approximate surface area is 129 Å². The van der Waals surface area contributed by atoms with E-state index in [0.29, 0.717) is 5.56 Å². The number of hydrogen-bond acceptors (Lipinski definition) is 3. The Bertz CT molecular complexity index is 439. The highest BCUT2D eigenvalue weighted by atomic mass is 79.9. The van der Waals surface area contributed by atoms with Crippen LogP contribution in [0.2, 0.25) is 0 Å². The van der Waals surface area contributed by atoms with Gasteiger partial charge < -0.3 is 4.90 Å². The molecule has 1 aromatic rings. The standard InChI is InChI=1S/C15H22BrN3O/c1-12(2)5-6-18-7-9-19(10-8-18)15(20)13-3-4-14(16)17-11-13/h3-4,11-12H,5-10H2,1-2H3. The van der Waals surface area contributed by atoms with Gasteiger partial charge in [-0.1, -0.05) is 13.8 Å². The molecule has 0 saturated carbocycles. The number of pyridine rings is 1. The Balaban J connectivity index is 1.84. The van der Waals surface area contributed by atoms with E-state index in [1.54, 1.807) is 6.20 Å². The Morgan fingerprint density at radius 1 is 1.30 bits per heavy atom. The first-order chi connectivity index (χ1) is 9.56. The van der Waals surface area contributed by atoms with E-state index >= 15 is 0 Å². The molecule has 0 unspecified atom stereocenters. The number of carbonyl (C=O) groups is 1. The molecule has 2 heterocycles. The summed E-state index contributed by atoms with van der Waals surface area (Å²) in [5.41, 5.74) is 0.670. The summed E-state index contributed by atoms with van der Waals surface area (Å²) in [5.74, 6) is 0.831. The summed E-state index contributed by atoms with van der Waals surface area (Å²) in [6.45, 7) is 9.21. The fourth-order valence-electron chi connectivity index (χ4n) is 2.30. The van der Waals surface area contributed by atoms with E-state index < -0.39 is 0 Å². The van der Waals surface area contributed by atoms with E-state index in [1.165, 1.54) is 6.42 Å². The third-order valence-corrected chi connectivity index (χ3v) is 4.13. The molecule has 4 nitrogen and oxygen atoms in total. The summed E-state index contributed by atoms with van der Waals surface area (Å²) in [7, 11) is 0. The molecule has 5 heteroatoms. The highest BCUT2D eigenvalue weighted by molar-refractivity contribution is 9.10. The molecule has 1 amide bonds. The predicted molar refractivity (Wildman–Crippen MR) is 83.7 cm³/mol. The minimum Gasteiger partial charge on any atom is -0.336 e. The minimum atomic E-state index is 0.0912. The Hall–Kier alpha value is -0.940. The van der Waals surface area contributed by atoms with Crippen LogP contribution in [0.15, 0.2) is 22.9 Å². The maximum absolute atomic E-state index is 12.3. The number of amides is 1. The lowest BCUT2D eigenvalue weighted by atomic mass is 10.1. The average molecular weight is 340 g/mol. The molecule has 0 radical (unpaired) electrons. The second-order valence-corrected chi connectivity index (χ2v) is 6.50. The van der Waals surface area contributed by atoms with E-state index in [4.69, 9.17) is 0 Å². The topological polar surface area (TPSA) is 36.4 Å². The summed E-state index contributed by atoms with van der Waals surface area (Å²) in [6, 6.07) is 3.64. The lowest BCUT2D eigenvalue weighted by molar-refractivity contribution is 0.0631. The lowest BCUT2D eigenvalue weighted by Gasteiger charge is -2.35. The first kappa shape index (κ1) is 15.4. The van der Waals surface area contributed by atoms with Gasteiger partial charge in [0, 0.05) is 32.4 Å². The maximum Gasteiger partial charge on any atom is 0.255 e. The largest absolute Gasteiger partial charge is 0.336 e. The third-order valence-electron chi connectivity index (χ3n) is 3.66. The molecule has 0 aliphatic carbocycles. The van der Waals surface area contributed by atoms with Gasteiger partial charge in [-0.2, -0.15) is 0 Å². The van der Waals surface area contributed by atoms with Gasteiger partial charge in [0.15, 0.2) is 0 Å². The molecular weight excluding hydrogens is 318 g/mol. The van der Waals surface area contributed by atoms with Crippen molar-refractivity contribution in [2.75, 3.05) is 32.7 Å². The van der Waals surface area contributed by atoms with Crippen LogP contribution in [0.4, 0.5) is 0 Å². The van der Waals surface area contributed by atoms with E-state index in [2.05, 4.69) is 39.7 Å². The summed E-state index contributed by atoms with van der Waals surface area (Å²) >= 11 is 3.28. The van der Waals surface area contributed by atoms with Gasteiger partial charge in [0.1, 0.15) is 4.60 Å². The average Bonchev–Trinajstić information content (AvgIpc) is 2.46. The smallest absolute Gasteiger partial charge is 0.255 e. The molecule has 0 bridgehead atoms. The van der Waals surface area contributed by atoms with Gasteiger partial charge >= 0.3 is 0 Å². The van der Waals surface area contributed by atoms with Crippen molar-refractivity contribution in [2.24, 2.45) is 5.92 Å². The zero-order valence-corrected chi connectivity index (χ0v) is 13.8. The number of nitrogens with zero attached hydrogens (tertiary/aromatic N) is 3. The van der Waals surface area contributed by atoms with Crippen LogP contribution in [-0.4, -0.2) is 53.4 Å². The van der Waals surface area contributed by atoms with Crippen LogP contribution < -0.4 is 0 Å². The van der Waals surface area contributed by atoms with Crippen LogP contribution in [0, 0.1) is 5.92 Å². The third kappa shape index (κ3) is 4.28. The van der Waals surface area contributed by atoms with Crippen molar-refractivity contribution in [1.29, 1.82) is 0 Å². The van der Waals surface area contributed by atoms with Crippen molar-refractivity contribution < 1.29 is 4.79 Å². The Kier molecular flexibility index (Phi) is 5.54. The van der Waals surface area contributed by atoms with Gasteiger partial charge in [-0.05, 0) is 46.9 Å². The molecule has 20 heavy (non-hydrogen) atoms. The second-order valence-electron chi connectivity index (χ2n) is 5.69. The van der Waals surface area contributed by atoms with Crippen LogP contribution in [0.1, 0.15) is 30.6 Å². The highest BCUT2D eigenvalue weighted by Crippen LogP contribution is 2.12. The van der Waals surface area contributed by atoms with Gasteiger partial charge in [-0.3, -0.25) is 9.69 Å². The monoisotopic (exact) mass is 339 g/mol. The van der Waals surface area contributed by atoms with Crippen molar-refractivity contribution in [3.05, 3.63) is 28.5 Å². The summed E-state index contributed by atoms with van der Waals surface area (Å²) in [5, 5.41) is 0. The van der Waals surface area contributed by atoms with Crippen molar-refractivity contribution in [1.82, 2.24) is 14.8 Å². The second kappa shape index (κ2) is 7.18. The SMILES string of the molecule is CC(C)CCN1CCN(C(=O)c2ccc(Br)nc2)CC1. The van der Waals surface area contributed by atoms with E-state index in [1.807, 2.05) is 17.0 Å². The number of halogens is 1. The molecular formula is C15H22BrN3O. The van der Waals surface area contributed by atoms with Gasteiger partial charge in [-0.15, -0.1) is 0 Å².